The van der Waals surface area contributed by atoms with Crippen LogP contribution in [0.4, 0.5) is 0 Å². The molecule has 0 aromatic rings. The van der Waals surface area contributed by atoms with E-state index >= 15 is 0 Å². The molecule has 1 aliphatic carbocycles. The van der Waals surface area contributed by atoms with Gasteiger partial charge in [0, 0.05) is 44.8 Å². The Bertz CT molecular complexity index is 240. The summed E-state index contributed by atoms with van der Waals surface area (Å²) in [6, 6.07) is 1.54. The van der Waals surface area contributed by atoms with E-state index in [2.05, 4.69) is 35.7 Å². The van der Waals surface area contributed by atoms with Crippen molar-refractivity contribution in [3.63, 3.8) is 0 Å². The van der Waals surface area contributed by atoms with Crippen molar-refractivity contribution in [1.29, 1.82) is 0 Å². The summed E-state index contributed by atoms with van der Waals surface area (Å²) in [5.74, 6) is 0. The molecule has 1 aliphatic heterocycles. The Balaban J connectivity index is 1.80. The van der Waals surface area contributed by atoms with Crippen molar-refractivity contribution < 1.29 is 0 Å². The summed E-state index contributed by atoms with van der Waals surface area (Å²) >= 11 is 0. The number of piperazine rings is 1. The molecule has 0 radical (unpaired) electrons. The van der Waals surface area contributed by atoms with Crippen LogP contribution in [0.3, 0.4) is 0 Å². The van der Waals surface area contributed by atoms with Gasteiger partial charge >= 0.3 is 0 Å². The van der Waals surface area contributed by atoms with Gasteiger partial charge in [0.05, 0.1) is 0 Å². The van der Waals surface area contributed by atoms with E-state index < -0.39 is 0 Å². The first-order valence-corrected chi connectivity index (χ1v) is 8.48. The molecule has 0 amide bonds. The van der Waals surface area contributed by atoms with E-state index in [0.717, 1.165) is 6.04 Å². The third kappa shape index (κ3) is 4.17. The van der Waals surface area contributed by atoms with Gasteiger partial charge in [-0.1, -0.05) is 26.2 Å². The molecular weight excluding hydrogens is 234 g/mol. The largest absolute Gasteiger partial charge is 0.298 e. The molecule has 0 unspecified atom stereocenters. The highest BCUT2D eigenvalue weighted by Gasteiger charge is 2.27. The Morgan fingerprint density at radius 3 is 2.16 bits per heavy atom. The summed E-state index contributed by atoms with van der Waals surface area (Å²) in [4.78, 5) is 2.76. The zero-order valence-electron chi connectivity index (χ0n) is 13.3. The minimum absolute atomic E-state index is 0.640. The van der Waals surface area contributed by atoms with E-state index in [1.54, 1.807) is 0 Å². The van der Waals surface area contributed by atoms with Crippen molar-refractivity contribution in [1.82, 2.24) is 14.9 Å². The van der Waals surface area contributed by atoms with Crippen molar-refractivity contribution in [2.24, 2.45) is 0 Å². The van der Waals surface area contributed by atoms with Gasteiger partial charge in [0.2, 0.25) is 0 Å². The van der Waals surface area contributed by atoms with Gasteiger partial charge in [0.25, 0.3) is 0 Å². The topological polar surface area (TPSA) is 9.72 Å². The van der Waals surface area contributed by atoms with Gasteiger partial charge in [0.15, 0.2) is 0 Å². The van der Waals surface area contributed by atoms with Crippen LogP contribution in [0, 0.1) is 0 Å². The fraction of sp³-hybridized carbons (Fsp3) is 1.00. The molecule has 1 saturated carbocycles. The van der Waals surface area contributed by atoms with Gasteiger partial charge in [0.1, 0.15) is 0 Å². The lowest BCUT2D eigenvalue weighted by Crippen LogP contribution is -2.57. The van der Waals surface area contributed by atoms with E-state index in [4.69, 9.17) is 0 Å². The van der Waals surface area contributed by atoms with E-state index in [9.17, 15) is 0 Å². The number of hydrazine groups is 1. The quantitative estimate of drug-likeness (QED) is 0.758. The molecule has 3 heteroatoms. The summed E-state index contributed by atoms with van der Waals surface area (Å²) in [5.41, 5.74) is 0. The smallest absolute Gasteiger partial charge is 0.0262 e. The van der Waals surface area contributed by atoms with Crippen LogP contribution >= 0.6 is 0 Å². The summed E-state index contributed by atoms with van der Waals surface area (Å²) in [6.07, 6.45) is 8.53. The Hall–Kier alpha value is -0.120. The lowest BCUT2D eigenvalue weighted by atomic mass is 9.94. The van der Waals surface area contributed by atoms with Crippen LogP contribution in [0.15, 0.2) is 0 Å². The van der Waals surface area contributed by atoms with Crippen molar-refractivity contribution in [2.45, 2.75) is 71.4 Å². The summed E-state index contributed by atoms with van der Waals surface area (Å²) in [6.45, 7) is 13.2. The number of nitrogens with zero attached hydrogens (tertiary/aromatic N) is 3. The minimum atomic E-state index is 0.640. The SMILES string of the molecule is CCCN(C(C)C)N1CCN(C2CCCCC2)CC1. The van der Waals surface area contributed by atoms with Gasteiger partial charge in [-0.3, -0.25) is 4.90 Å². The van der Waals surface area contributed by atoms with Crippen molar-refractivity contribution in [3.05, 3.63) is 0 Å². The van der Waals surface area contributed by atoms with E-state index in [1.165, 1.54) is 71.2 Å². The summed E-state index contributed by atoms with van der Waals surface area (Å²) in [7, 11) is 0. The molecule has 19 heavy (non-hydrogen) atoms. The molecule has 0 N–H and O–H groups in total. The Kier molecular flexibility index (Phi) is 6.11. The standard InChI is InChI=1S/C16H33N3/c1-4-10-19(15(2)3)18-13-11-17(12-14-18)16-8-6-5-7-9-16/h15-16H,4-14H2,1-3H3. The highest BCUT2D eigenvalue weighted by atomic mass is 15.6. The maximum absolute atomic E-state index is 2.76. The fourth-order valence-corrected chi connectivity index (χ4v) is 3.73. The van der Waals surface area contributed by atoms with Crippen LogP contribution < -0.4 is 0 Å². The van der Waals surface area contributed by atoms with Gasteiger partial charge in [-0.05, 0) is 33.1 Å². The Morgan fingerprint density at radius 1 is 1.00 bits per heavy atom. The van der Waals surface area contributed by atoms with Crippen molar-refractivity contribution in [3.8, 4) is 0 Å². The molecule has 2 fully saturated rings. The highest BCUT2D eigenvalue weighted by molar-refractivity contribution is 4.80. The predicted molar refractivity (Wildman–Crippen MR) is 82.2 cm³/mol. The molecule has 0 bridgehead atoms. The molecule has 0 spiro atoms. The first-order valence-electron chi connectivity index (χ1n) is 8.48. The van der Waals surface area contributed by atoms with Gasteiger partial charge in [-0.25, -0.2) is 10.0 Å². The average molecular weight is 267 g/mol. The Labute approximate surface area is 119 Å². The molecule has 2 rings (SSSR count). The molecule has 0 aromatic heterocycles. The van der Waals surface area contributed by atoms with Crippen molar-refractivity contribution >= 4 is 0 Å². The second-order valence-corrected chi connectivity index (χ2v) is 6.54. The van der Waals surface area contributed by atoms with E-state index in [0.29, 0.717) is 6.04 Å². The molecule has 112 valence electrons. The normalized spacial score (nSPS) is 24.5. The average Bonchev–Trinajstić information content (AvgIpc) is 2.46. The Morgan fingerprint density at radius 2 is 1.63 bits per heavy atom. The zero-order valence-corrected chi connectivity index (χ0v) is 13.3. The minimum Gasteiger partial charge on any atom is -0.298 e. The number of rotatable bonds is 5. The number of hydrogen-bond acceptors (Lipinski definition) is 3. The summed E-state index contributed by atoms with van der Waals surface area (Å²) < 4.78 is 0. The van der Waals surface area contributed by atoms with Gasteiger partial charge in [-0.2, -0.15) is 0 Å². The van der Waals surface area contributed by atoms with Crippen LogP contribution in [0.2, 0.25) is 0 Å². The second kappa shape index (κ2) is 7.61. The third-order valence-corrected chi connectivity index (χ3v) is 4.79. The maximum Gasteiger partial charge on any atom is 0.0262 e. The maximum atomic E-state index is 2.76. The zero-order chi connectivity index (χ0) is 13.7. The fourth-order valence-electron chi connectivity index (χ4n) is 3.73. The van der Waals surface area contributed by atoms with Crippen LogP contribution in [0.1, 0.15) is 59.3 Å². The first kappa shape index (κ1) is 15.3. The van der Waals surface area contributed by atoms with E-state index in [1.807, 2.05) is 0 Å². The molecule has 0 aromatic carbocycles. The van der Waals surface area contributed by atoms with Crippen LogP contribution in [0.5, 0.6) is 0 Å². The second-order valence-electron chi connectivity index (χ2n) is 6.54. The monoisotopic (exact) mass is 267 g/mol. The summed E-state index contributed by atoms with van der Waals surface area (Å²) in [5, 5.41) is 5.19. The lowest BCUT2D eigenvalue weighted by Gasteiger charge is -2.45. The first-order chi connectivity index (χ1) is 9.22. The van der Waals surface area contributed by atoms with Crippen LogP contribution in [-0.2, 0) is 0 Å². The van der Waals surface area contributed by atoms with Crippen LogP contribution in [-0.4, -0.2) is 59.7 Å². The third-order valence-electron chi connectivity index (χ3n) is 4.79. The molecule has 1 heterocycles. The number of hydrogen-bond donors (Lipinski definition) is 0. The highest BCUT2D eigenvalue weighted by Crippen LogP contribution is 2.24. The lowest BCUT2D eigenvalue weighted by molar-refractivity contribution is -0.0854. The molecule has 3 nitrogen and oxygen atoms in total. The van der Waals surface area contributed by atoms with Crippen molar-refractivity contribution in [2.75, 3.05) is 32.7 Å². The molecule has 1 saturated heterocycles. The van der Waals surface area contributed by atoms with Crippen LogP contribution in [0.25, 0.3) is 0 Å². The predicted octanol–water partition coefficient (Wildman–Crippen LogP) is 2.97. The van der Waals surface area contributed by atoms with Gasteiger partial charge in [-0.15, -0.1) is 0 Å². The molecular formula is C16H33N3. The van der Waals surface area contributed by atoms with E-state index in [-0.39, 0.29) is 0 Å². The molecule has 2 aliphatic rings. The van der Waals surface area contributed by atoms with Gasteiger partial charge < -0.3 is 0 Å². The molecule has 0 atom stereocenters.